The van der Waals surface area contributed by atoms with Crippen molar-refractivity contribution in [1.82, 2.24) is 20.5 Å². The average molecular weight is 239 g/mol. The van der Waals surface area contributed by atoms with Gasteiger partial charge in [-0.1, -0.05) is 20.8 Å². The minimum Gasteiger partial charge on any atom is -0.355 e. The maximum absolute atomic E-state index is 11.7. The number of H-pyrrole nitrogens is 1. The fourth-order valence-electron chi connectivity index (χ4n) is 1.32. The number of aryl methyl sites for hydroxylation is 1. The molecule has 6 heteroatoms. The van der Waals surface area contributed by atoms with Crippen molar-refractivity contribution in [3.05, 3.63) is 12.2 Å². The second-order valence-corrected chi connectivity index (χ2v) is 5.17. The molecule has 0 radical (unpaired) electrons. The van der Waals surface area contributed by atoms with E-state index in [0.717, 1.165) is 18.7 Å². The molecule has 17 heavy (non-hydrogen) atoms. The fourth-order valence-corrected chi connectivity index (χ4v) is 1.32. The van der Waals surface area contributed by atoms with E-state index in [-0.39, 0.29) is 11.3 Å². The van der Waals surface area contributed by atoms with E-state index < -0.39 is 6.04 Å². The van der Waals surface area contributed by atoms with Gasteiger partial charge in [0.1, 0.15) is 12.2 Å². The number of nitrogens with one attached hydrogen (secondary N) is 2. The van der Waals surface area contributed by atoms with Crippen LogP contribution in [0, 0.1) is 5.41 Å². The lowest BCUT2D eigenvalue weighted by atomic mass is 9.87. The van der Waals surface area contributed by atoms with Crippen LogP contribution in [0.2, 0.25) is 0 Å². The van der Waals surface area contributed by atoms with Crippen molar-refractivity contribution in [3.63, 3.8) is 0 Å². The highest BCUT2D eigenvalue weighted by Crippen LogP contribution is 2.16. The first-order chi connectivity index (χ1) is 7.91. The summed E-state index contributed by atoms with van der Waals surface area (Å²) < 4.78 is 0. The lowest BCUT2D eigenvalue weighted by molar-refractivity contribution is -0.124. The highest BCUT2D eigenvalue weighted by Gasteiger charge is 2.26. The summed E-state index contributed by atoms with van der Waals surface area (Å²) in [6.45, 7) is 6.45. The Morgan fingerprint density at radius 3 is 2.82 bits per heavy atom. The van der Waals surface area contributed by atoms with Gasteiger partial charge in [0.2, 0.25) is 5.91 Å². The quantitative estimate of drug-likeness (QED) is 0.641. The molecule has 0 saturated heterocycles. The Kier molecular flexibility index (Phi) is 4.62. The SMILES string of the molecule is CC(C)(C)[C@H](N)C(=O)NCCCc1ncn[nH]1. The second kappa shape index (κ2) is 5.77. The van der Waals surface area contributed by atoms with Crippen LogP contribution in [0.15, 0.2) is 6.33 Å². The number of aromatic nitrogens is 3. The van der Waals surface area contributed by atoms with Crippen molar-refractivity contribution >= 4 is 5.91 Å². The molecule has 1 aromatic heterocycles. The van der Waals surface area contributed by atoms with Gasteiger partial charge in [-0.3, -0.25) is 9.89 Å². The molecule has 1 aromatic rings. The van der Waals surface area contributed by atoms with Crippen molar-refractivity contribution in [2.24, 2.45) is 11.1 Å². The monoisotopic (exact) mass is 239 g/mol. The first kappa shape index (κ1) is 13.6. The van der Waals surface area contributed by atoms with Crippen LogP contribution in [0.1, 0.15) is 33.0 Å². The number of carbonyl (C=O) groups excluding carboxylic acids is 1. The molecule has 96 valence electrons. The third-order valence-corrected chi connectivity index (χ3v) is 2.57. The summed E-state index contributed by atoms with van der Waals surface area (Å²) in [5.74, 6) is 0.731. The molecule has 0 saturated carbocycles. The summed E-state index contributed by atoms with van der Waals surface area (Å²) in [7, 11) is 0. The van der Waals surface area contributed by atoms with E-state index >= 15 is 0 Å². The molecule has 6 nitrogen and oxygen atoms in total. The molecule has 0 aliphatic heterocycles. The Bertz CT molecular complexity index is 341. The third-order valence-electron chi connectivity index (χ3n) is 2.57. The van der Waals surface area contributed by atoms with E-state index in [1.807, 2.05) is 20.8 Å². The third kappa shape index (κ3) is 4.52. The minimum absolute atomic E-state index is 0.102. The number of carbonyl (C=O) groups is 1. The lowest BCUT2D eigenvalue weighted by Gasteiger charge is -2.25. The first-order valence-electron chi connectivity index (χ1n) is 5.79. The number of hydrogen-bond donors (Lipinski definition) is 3. The Morgan fingerprint density at radius 1 is 1.59 bits per heavy atom. The predicted molar refractivity (Wildman–Crippen MR) is 65.1 cm³/mol. The van der Waals surface area contributed by atoms with Crippen LogP contribution >= 0.6 is 0 Å². The van der Waals surface area contributed by atoms with E-state index in [1.165, 1.54) is 6.33 Å². The van der Waals surface area contributed by atoms with Crippen molar-refractivity contribution in [3.8, 4) is 0 Å². The van der Waals surface area contributed by atoms with E-state index in [1.54, 1.807) is 0 Å². The van der Waals surface area contributed by atoms with Gasteiger partial charge in [-0.2, -0.15) is 5.10 Å². The van der Waals surface area contributed by atoms with Gasteiger partial charge in [0, 0.05) is 13.0 Å². The molecule has 0 aromatic carbocycles. The topological polar surface area (TPSA) is 96.7 Å². The number of amides is 1. The highest BCUT2D eigenvalue weighted by molar-refractivity contribution is 5.82. The molecule has 1 rings (SSSR count). The first-order valence-corrected chi connectivity index (χ1v) is 5.79. The molecule has 0 unspecified atom stereocenters. The maximum atomic E-state index is 11.7. The molecule has 0 fully saturated rings. The second-order valence-electron chi connectivity index (χ2n) is 5.17. The van der Waals surface area contributed by atoms with Gasteiger partial charge in [-0.15, -0.1) is 0 Å². The van der Waals surface area contributed by atoms with Gasteiger partial charge in [0.05, 0.1) is 6.04 Å². The van der Waals surface area contributed by atoms with Crippen LogP contribution in [0.25, 0.3) is 0 Å². The summed E-state index contributed by atoms with van der Waals surface area (Å²) in [4.78, 5) is 15.7. The zero-order valence-electron chi connectivity index (χ0n) is 10.7. The van der Waals surface area contributed by atoms with Crippen LogP contribution < -0.4 is 11.1 Å². The van der Waals surface area contributed by atoms with E-state index in [2.05, 4.69) is 20.5 Å². The molecule has 1 amide bonds. The Hall–Kier alpha value is -1.43. The largest absolute Gasteiger partial charge is 0.355 e. The van der Waals surface area contributed by atoms with E-state index in [0.29, 0.717) is 6.54 Å². The average Bonchev–Trinajstić information content (AvgIpc) is 2.74. The predicted octanol–water partition coefficient (Wildman–Crippen LogP) is 0.227. The van der Waals surface area contributed by atoms with Gasteiger partial charge < -0.3 is 11.1 Å². The maximum Gasteiger partial charge on any atom is 0.237 e. The van der Waals surface area contributed by atoms with Gasteiger partial charge >= 0.3 is 0 Å². The summed E-state index contributed by atoms with van der Waals surface area (Å²) in [6, 6.07) is -0.479. The standard InChI is InChI=1S/C11H21N5O/c1-11(2,3)9(12)10(17)13-6-4-5-8-14-7-15-16-8/h7,9H,4-6,12H2,1-3H3,(H,13,17)(H,14,15,16)/t9-/m1/s1. The smallest absolute Gasteiger partial charge is 0.237 e. The van der Waals surface area contributed by atoms with Crippen LogP contribution in [0.3, 0.4) is 0 Å². The molecule has 0 bridgehead atoms. The van der Waals surface area contributed by atoms with Crippen molar-refractivity contribution in [1.29, 1.82) is 0 Å². The van der Waals surface area contributed by atoms with Crippen LogP contribution in [0.4, 0.5) is 0 Å². The summed E-state index contributed by atoms with van der Waals surface area (Å²) in [5, 5.41) is 9.35. The van der Waals surface area contributed by atoms with Crippen molar-refractivity contribution in [2.45, 2.75) is 39.7 Å². The van der Waals surface area contributed by atoms with E-state index in [4.69, 9.17) is 5.73 Å². The van der Waals surface area contributed by atoms with E-state index in [9.17, 15) is 4.79 Å². The zero-order valence-corrected chi connectivity index (χ0v) is 10.7. The number of rotatable bonds is 5. The van der Waals surface area contributed by atoms with Crippen molar-refractivity contribution in [2.75, 3.05) is 6.54 Å². The molecule has 1 atom stereocenters. The Balaban J connectivity index is 2.20. The summed E-state index contributed by atoms with van der Waals surface area (Å²) in [6.07, 6.45) is 3.06. The normalized spacial score (nSPS) is 13.4. The van der Waals surface area contributed by atoms with Crippen LogP contribution in [-0.4, -0.2) is 33.7 Å². The Labute approximate surface area is 101 Å². The molecular formula is C11H21N5O. The molecule has 0 aliphatic carbocycles. The number of nitrogens with zero attached hydrogens (tertiary/aromatic N) is 2. The number of nitrogens with two attached hydrogens (primary N) is 1. The lowest BCUT2D eigenvalue weighted by Crippen LogP contribution is -2.48. The fraction of sp³-hybridized carbons (Fsp3) is 0.727. The van der Waals surface area contributed by atoms with Crippen molar-refractivity contribution < 1.29 is 4.79 Å². The number of aromatic amines is 1. The highest BCUT2D eigenvalue weighted by atomic mass is 16.2. The van der Waals surface area contributed by atoms with Gasteiger partial charge in [-0.25, -0.2) is 4.98 Å². The summed E-state index contributed by atoms with van der Waals surface area (Å²) >= 11 is 0. The Morgan fingerprint density at radius 2 is 2.29 bits per heavy atom. The minimum atomic E-state index is -0.479. The number of hydrogen-bond acceptors (Lipinski definition) is 4. The molecule has 4 N–H and O–H groups in total. The van der Waals surface area contributed by atoms with Gasteiger partial charge in [0.25, 0.3) is 0 Å². The van der Waals surface area contributed by atoms with Gasteiger partial charge in [0.15, 0.2) is 0 Å². The summed E-state index contributed by atoms with van der Waals surface area (Å²) in [5.41, 5.74) is 5.62. The molecule has 1 heterocycles. The zero-order chi connectivity index (χ0) is 12.9. The molecular weight excluding hydrogens is 218 g/mol. The molecule has 0 spiro atoms. The van der Waals surface area contributed by atoms with Crippen LogP contribution in [-0.2, 0) is 11.2 Å². The molecule has 0 aliphatic rings. The van der Waals surface area contributed by atoms with Gasteiger partial charge in [-0.05, 0) is 11.8 Å². The van der Waals surface area contributed by atoms with Crippen LogP contribution in [0.5, 0.6) is 0 Å².